The number of carboxylic acid groups (broad SMARTS) is 1. The number of hydrogen-bond acceptors (Lipinski definition) is 5. The van der Waals surface area contributed by atoms with Gasteiger partial charge in [0.05, 0.1) is 17.2 Å². The zero-order valence-corrected chi connectivity index (χ0v) is 15.2. The van der Waals surface area contributed by atoms with Gasteiger partial charge in [-0.1, -0.05) is 30.3 Å². The number of amides is 1. The standard InChI is InChI=1S/C20H23N3O4/c1-13-16(11-21-18(23-13)15-5-3-2-4-6-15)19(24)22-12-17(20(25)26)14-7-9-27-10-8-14/h2-6,11,14,17H,7-10,12H2,1H3,(H,22,24)(H,25,26). The van der Waals surface area contributed by atoms with E-state index in [1.165, 1.54) is 6.20 Å². The van der Waals surface area contributed by atoms with E-state index in [9.17, 15) is 14.7 Å². The van der Waals surface area contributed by atoms with Gasteiger partial charge in [-0.15, -0.1) is 0 Å². The van der Waals surface area contributed by atoms with Crippen molar-refractivity contribution in [2.24, 2.45) is 11.8 Å². The van der Waals surface area contributed by atoms with Crippen molar-refractivity contribution >= 4 is 11.9 Å². The molecule has 0 spiro atoms. The van der Waals surface area contributed by atoms with Crippen molar-refractivity contribution < 1.29 is 19.4 Å². The number of carbonyl (C=O) groups excluding carboxylic acids is 1. The van der Waals surface area contributed by atoms with E-state index in [4.69, 9.17) is 4.74 Å². The number of hydrogen-bond donors (Lipinski definition) is 2. The molecular formula is C20H23N3O4. The molecule has 1 unspecified atom stereocenters. The Labute approximate surface area is 157 Å². The Morgan fingerprint density at radius 3 is 2.59 bits per heavy atom. The maximum atomic E-state index is 12.5. The van der Waals surface area contributed by atoms with E-state index in [-0.39, 0.29) is 18.4 Å². The highest BCUT2D eigenvalue weighted by Gasteiger charge is 2.30. The van der Waals surface area contributed by atoms with Crippen molar-refractivity contribution in [3.63, 3.8) is 0 Å². The van der Waals surface area contributed by atoms with Crippen LogP contribution in [0.3, 0.4) is 0 Å². The van der Waals surface area contributed by atoms with Gasteiger partial charge < -0.3 is 15.2 Å². The average molecular weight is 369 g/mol. The molecule has 2 heterocycles. The third-order valence-corrected chi connectivity index (χ3v) is 4.89. The van der Waals surface area contributed by atoms with Crippen molar-refractivity contribution in [2.75, 3.05) is 19.8 Å². The van der Waals surface area contributed by atoms with Crippen molar-refractivity contribution in [1.29, 1.82) is 0 Å². The molecule has 7 nitrogen and oxygen atoms in total. The molecular weight excluding hydrogens is 346 g/mol. The minimum absolute atomic E-state index is 0.00866. The number of aryl methyl sites for hydroxylation is 1. The monoisotopic (exact) mass is 369 g/mol. The molecule has 0 aliphatic carbocycles. The SMILES string of the molecule is Cc1nc(-c2ccccc2)ncc1C(=O)NCC(C(=O)O)C1CCOCC1. The Morgan fingerprint density at radius 2 is 1.96 bits per heavy atom. The van der Waals surface area contributed by atoms with Crippen LogP contribution < -0.4 is 5.32 Å². The highest BCUT2D eigenvalue weighted by atomic mass is 16.5. The van der Waals surface area contributed by atoms with E-state index in [1.807, 2.05) is 30.3 Å². The number of rotatable bonds is 6. The molecule has 1 saturated heterocycles. The molecule has 1 aromatic heterocycles. The summed E-state index contributed by atoms with van der Waals surface area (Å²) in [6.45, 7) is 2.96. The molecule has 1 aliphatic rings. The Kier molecular flexibility index (Phi) is 6.13. The van der Waals surface area contributed by atoms with E-state index in [0.717, 1.165) is 5.56 Å². The molecule has 1 aliphatic heterocycles. The predicted molar refractivity (Wildman–Crippen MR) is 99.2 cm³/mol. The average Bonchev–Trinajstić information content (AvgIpc) is 2.69. The van der Waals surface area contributed by atoms with E-state index in [1.54, 1.807) is 6.92 Å². The van der Waals surface area contributed by atoms with Crippen LogP contribution in [0.2, 0.25) is 0 Å². The van der Waals surface area contributed by atoms with E-state index >= 15 is 0 Å². The fourth-order valence-corrected chi connectivity index (χ4v) is 3.29. The Morgan fingerprint density at radius 1 is 1.26 bits per heavy atom. The fourth-order valence-electron chi connectivity index (χ4n) is 3.29. The van der Waals surface area contributed by atoms with Gasteiger partial charge in [0.25, 0.3) is 5.91 Å². The van der Waals surface area contributed by atoms with Crippen LogP contribution in [0, 0.1) is 18.8 Å². The highest BCUT2D eigenvalue weighted by Crippen LogP contribution is 2.24. The molecule has 7 heteroatoms. The highest BCUT2D eigenvalue weighted by molar-refractivity contribution is 5.95. The number of benzene rings is 1. The van der Waals surface area contributed by atoms with Crippen LogP contribution in [-0.2, 0) is 9.53 Å². The molecule has 27 heavy (non-hydrogen) atoms. The molecule has 1 amide bonds. The van der Waals surface area contributed by atoms with Gasteiger partial charge in [-0.2, -0.15) is 0 Å². The second-order valence-corrected chi connectivity index (χ2v) is 6.66. The largest absolute Gasteiger partial charge is 0.481 e. The lowest BCUT2D eigenvalue weighted by Gasteiger charge is -2.27. The second kappa shape index (κ2) is 8.73. The fraction of sp³-hybridized carbons (Fsp3) is 0.400. The van der Waals surface area contributed by atoms with E-state index in [2.05, 4.69) is 15.3 Å². The Balaban J connectivity index is 1.67. The molecule has 142 valence electrons. The topological polar surface area (TPSA) is 101 Å². The molecule has 1 aromatic carbocycles. The number of aliphatic carboxylic acids is 1. The summed E-state index contributed by atoms with van der Waals surface area (Å²) in [6, 6.07) is 9.52. The second-order valence-electron chi connectivity index (χ2n) is 6.66. The number of carboxylic acids is 1. The minimum atomic E-state index is -0.894. The maximum Gasteiger partial charge on any atom is 0.308 e. The Hall–Kier alpha value is -2.80. The zero-order chi connectivity index (χ0) is 19.2. The van der Waals surface area contributed by atoms with Gasteiger partial charge in [-0.25, -0.2) is 9.97 Å². The van der Waals surface area contributed by atoms with Gasteiger partial charge in [0.15, 0.2) is 5.82 Å². The summed E-state index contributed by atoms with van der Waals surface area (Å²) < 4.78 is 5.29. The number of aromatic nitrogens is 2. The lowest BCUT2D eigenvalue weighted by atomic mass is 9.86. The quantitative estimate of drug-likeness (QED) is 0.810. The molecule has 1 fully saturated rings. The summed E-state index contributed by atoms with van der Waals surface area (Å²) in [4.78, 5) is 32.8. The minimum Gasteiger partial charge on any atom is -0.481 e. The van der Waals surface area contributed by atoms with Crippen LogP contribution in [0.1, 0.15) is 28.9 Å². The van der Waals surface area contributed by atoms with E-state index in [0.29, 0.717) is 43.1 Å². The third kappa shape index (κ3) is 4.68. The molecule has 2 N–H and O–H groups in total. The van der Waals surface area contributed by atoms with Crippen molar-refractivity contribution in [3.8, 4) is 11.4 Å². The lowest BCUT2D eigenvalue weighted by molar-refractivity contribution is -0.144. The van der Waals surface area contributed by atoms with Gasteiger partial charge in [0.1, 0.15) is 0 Å². The molecule has 3 rings (SSSR count). The Bertz CT molecular complexity index is 804. The van der Waals surface area contributed by atoms with Crippen LogP contribution in [0.4, 0.5) is 0 Å². The summed E-state index contributed by atoms with van der Waals surface area (Å²) in [5.74, 6) is -1.31. The van der Waals surface area contributed by atoms with Gasteiger partial charge in [-0.05, 0) is 25.7 Å². The first kappa shape index (κ1) is 19.0. The zero-order valence-electron chi connectivity index (χ0n) is 15.2. The number of carbonyl (C=O) groups is 2. The summed E-state index contributed by atoms with van der Waals surface area (Å²) in [5, 5.41) is 12.2. The number of nitrogens with zero attached hydrogens (tertiary/aromatic N) is 2. The van der Waals surface area contributed by atoms with Crippen LogP contribution in [0.15, 0.2) is 36.5 Å². The van der Waals surface area contributed by atoms with Gasteiger partial charge in [-0.3, -0.25) is 9.59 Å². The van der Waals surface area contributed by atoms with Crippen molar-refractivity contribution in [2.45, 2.75) is 19.8 Å². The summed E-state index contributed by atoms with van der Waals surface area (Å²) in [7, 11) is 0. The van der Waals surface area contributed by atoms with Gasteiger partial charge in [0.2, 0.25) is 0 Å². The number of ether oxygens (including phenoxy) is 1. The lowest BCUT2D eigenvalue weighted by Crippen LogP contribution is -2.39. The smallest absolute Gasteiger partial charge is 0.308 e. The predicted octanol–water partition coefficient (Wildman–Crippen LogP) is 2.31. The van der Waals surface area contributed by atoms with Crippen molar-refractivity contribution in [3.05, 3.63) is 47.8 Å². The summed E-state index contributed by atoms with van der Waals surface area (Å²) >= 11 is 0. The normalized spacial score (nSPS) is 15.9. The maximum absolute atomic E-state index is 12.5. The van der Waals surface area contributed by atoms with Crippen molar-refractivity contribution in [1.82, 2.24) is 15.3 Å². The van der Waals surface area contributed by atoms with Crippen LogP contribution in [-0.4, -0.2) is 46.7 Å². The third-order valence-electron chi connectivity index (χ3n) is 4.89. The first-order valence-corrected chi connectivity index (χ1v) is 9.04. The molecule has 0 radical (unpaired) electrons. The van der Waals surface area contributed by atoms with Gasteiger partial charge in [0, 0.05) is 31.5 Å². The van der Waals surface area contributed by atoms with E-state index < -0.39 is 11.9 Å². The first-order chi connectivity index (χ1) is 13.1. The molecule has 2 aromatic rings. The molecule has 1 atom stereocenters. The van der Waals surface area contributed by atoms with Crippen LogP contribution in [0.5, 0.6) is 0 Å². The molecule has 0 saturated carbocycles. The first-order valence-electron chi connectivity index (χ1n) is 9.04. The molecule has 0 bridgehead atoms. The van der Waals surface area contributed by atoms with Gasteiger partial charge >= 0.3 is 5.97 Å². The van der Waals surface area contributed by atoms with Crippen LogP contribution >= 0.6 is 0 Å². The summed E-state index contributed by atoms with van der Waals surface area (Å²) in [5.41, 5.74) is 1.78. The number of nitrogens with one attached hydrogen (secondary N) is 1. The summed E-state index contributed by atoms with van der Waals surface area (Å²) in [6.07, 6.45) is 2.88. The van der Waals surface area contributed by atoms with Crippen LogP contribution in [0.25, 0.3) is 11.4 Å².